The van der Waals surface area contributed by atoms with E-state index >= 15 is 0 Å². The predicted molar refractivity (Wildman–Crippen MR) is 50.0 cm³/mol. The molecule has 3 heteroatoms. The van der Waals surface area contributed by atoms with Gasteiger partial charge in [-0.15, -0.1) is 0 Å². The molecule has 1 aliphatic rings. The van der Waals surface area contributed by atoms with E-state index in [1.165, 1.54) is 13.0 Å². The second kappa shape index (κ2) is 4.21. The van der Waals surface area contributed by atoms with Gasteiger partial charge in [-0.3, -0.25) is 0 Å². The Morgan fingerprint density at radius 1 is 1.42 bits per heavy atom. The van der Waals surface area contributed by atoms with Gasteiger partial charge in [-0.05, 0) is 38.9 Å². The summed E-state index contributed by atoms with van der Waals surface area (Å²) in [7, 11) is 0. The molecular weight excluding hydrogens is 152 g/mol. The molecule has 0 bridgehead atoms. The van der Waals surface area contributed by atoms with Crippen molar-refractivity contribution in [1.82, 2.24) is 4.90 Å². The second-order valence-corrected chi connectivity index (χ2v) is 3.86. The summed E-state index contributed by atoms with van der Waals surface area (Å²) in [5.74, 6) is 0. The monoisotopic (exact) mass is 172 g/mol. The lowest BCUT2D eigenvalue weighted by molar-refractivity contribution is 0.106. The number of piperidine rings is 1. The quantitative estimate of drug-likeness (QED) is 0.638. The van der Waals surface area contributed by atoms with Crippen LogP contribution < -0.4 is 5.73 Å². The third kappa shape index (κ3) is 2.44. The van der Waals surface area contributed by atoms with E-state index in [1.54, 1.807) is 0 Å². The van der Waals surface area contributed by atoms with Crippen molar-refractivity contribution >= 4 is 0 Å². The SMILES string of the molecule is CCCN1CCC(N)(CO)CC1. The second-order valence-electron chi connectivity index (χ2n) is 3.86. The zero-order chi connectivity index (χ0) is 9.03. The highest BCUT2D eigenvalue weighted by Crippen LogP contribution is 2.18. The Morgan fingerprint density at radius 2 is 2.00 bits per heavy atom. The summed E-state index contributed by atoms with van der Waals surface area (Å²) in [6, 6.07) is 0. The van der Waals surface area contributed by atoms with Crippen molar-refractivity contribution < 1.29 is 5.11 Å². The van der Waals surface area contributed by atoms with Gasteiger partial charge in [0.25, 0.3) is 0 Å². The first-order chi connectivity index (χ1) is 5.70. The van der Waals surface area contributed by atoms with E-state index in [0.29, 0.717) is 0 Å². The fraction of sp³-hybridized carbons (Fsp3) is 1.00. The van der Waals surface area contributed by atoms with E-state index in [4.69, 9.17) is 10.8 Å². The molecule has 0 aromatic heterocycles. The Labute approximate surface area is 74.5 Å². The van der Waals surface area contributed by atoms with Gasteiger partial charge in [0, 0.05) is 5.54 Å². The number of rotatable bonds is 3. The summed E-state index contributed by atoms with van der Waals surface area (Å²) in [6.45, 7) is 5.58. The van der Waals surface area contributed by atoms with Gasteiger partial charge in [-0.2, -0.15) is 0 Å². The largest absolute Gasteiger partial charge is 0.394 e. The molecule has 0 aliphatic carbocycles. The lowest BCUT2D eigenvalue weighted by Crippen LogP contribution is -2.52. The highest BCUT2D eigenvalue weighted by atomic mass is 16.3. The van der Waals surface area contributed by atoms with Crippen LogP contribution in [0.2, 0.25) is 0 Å². The zero-order valence-corrected chi connectivity index (χ0v) is 7.92. The molecule has 1 fully saturated rings. The highest BCUT2D eigenvalue weighted by Gasteiger charge is 2.29. The molecule has 0 unspecified atom stereocenters. The summed E-state index contributed by atoms with van der Waals surface area (Å²) in [6.07, 6.45) is 3.07. The molecule has 12 heavy (non-hydrogen) atoms. The molecule has 0 aromatic rings. The minimum absolute atomic E-state index is 0.132. The van der Waals surface area contributed by atoms with Gasteiger partial charge >= 0.3 is 0 Å². The topological polar surface area (TPSA) is 49.5 Å². The first-order valence-electron chi connectivity index (χ1n) is 4.82. The molecule has 0 atom stereocenters. The number of aliphatic hydroxyl groups excluding tert-OH is 1. The number of nitrogens with zero attached hydrogens (tertiary/aromatic N) is 1. The Morgan fingerprint density at radius 3 is 2.42 bits per heavy atom. The van der Waals surface area contributed by atoms with Crippen molar-refractivity contribution in [2.24, 2.45) is 5.73 Å². The predicted octanol–water partition coefficient (Wildman–Crippen LogP) is 0.182. The average Bonchev–Trinajstić information content (AvgIpc) is 2.10. The maximum Gasteiger partial charge on any atom is 0.0612 e. The molecule has 3 N–H and O–H groups in total. The molecule has 1 saturated heterocycles. The molecule has 3 nitrogen and oxygen atoms in total. The van der Waals surface area contributed by atoms with Crippen LogP contribution in [0.5, 0.6) is 0 Å². The molecule has 0 saturated carbocycles. The summed E-state index contributed by atoms with van der Waals surface area (Å²) in [5.41, 5.74) is 5.65. The number of aliphatic hydroxyl groups is 1. The van der Waals surface area contributed by atoms with Crippen LogP contribution in [0.1, 0.15) is 26.2 Å². The van der Waals surface area contributed by atoms with Gasteiger partial charge in [-0.25, -0.2) is 0 Å². The first-order valence-corrected chi connectivity index (χ1v) is 4.82. The third-order valence-electron chi connectivity index (χ3n) is 2.71. The molecule has 1 aliphatic heterocycles. The summed E-state index contributed by atoms with van der Waals surface area (Å²) < 4.78 is 0. The smallest absolute Gasteiger partial charge is 0.0612 e. The van der Waals surface area contributed by atoms with Crippen molar-refractivity contribution in [3.8, 4) is 0 Å². The summed E-state index contributed by atoms with van der Waals surface area (Å²) >= 11 is 0. The molecule has 1 rings (SSSR count). The van der Waals surface area contributed by atoms with E-state index in [0.717, 1.165) is 25.9 Å². The van der Waals surface area contributed by atoms with E-state index in [2.05, 4.69) is 11.8 Å². The fourth-order valence-corrected chi connectivity index (χ4v) is 1.70. The Hall–Kier alpha value is -0.120. The van der Waals surface area contributed by atoms with E-state index in [1.807, 2.05) is 0 Å². The van der Waals surface area contributed by atoms with Crippen molar-refractivity contribution in [3.63, 3.8) is 0 Å². The lowest BCUT2D eigenvalue weighted by atomic mass is 9.89. The molecule has 1 heterocycles. The lowest BCUT2D eigenvalue weighted by Gasteiger charge is -2.37. The first kappa shape index (κ1) is 9.96. The van der Waals surface area contributed by atoms with Gasteiger partial charge < -0.3 is 15.7 Å². The molecular formula is C9H20N2O. The van der Waals surface area contributed by atoms with E-state index in [9.17, 15) is 0 Å². The average molecular weight is 172 g/mol. The van der Waals surface area contributed by atoms with Crippen LogP contribution in [0.3, 0.4) is 0 Å². The molecule has 0 amide bonds. The normalized spacial score (nSPS) is 24.2. The van der Waals surface area contributed by atoms with Crippen molar-refractivity contribution in [2.75, 3.05) is 26.2 Å². The zero-order valence-electron chi connectivity index (χ0n) is 7.92. The van der Waals surface area contributed by atoms with Gasteiger partial charge in [0.15, 0.2) is 0 Å². The molecule has 72 valence electrons. The minimum Gasteiger partial charge on any atom is -0.394 e. The Balaban J connectivity index is 2.29. The van der Waals surface area contributed by atoms with Crippen LogP contribution in [0.15, 0.2) is 0 Å². The number of likely N-dealkylation sites (tertiary alicyclic amines) is 1. The number of nitrogens with two attached hydrogens (primary N) is 1. The van der Waals surface area contributed by atoms with Gasteiger partial charge in [0.05, 0.1) is 6.61 Å². The highest BCUT2D eigenvalue weighted by molar-refractivity contribution is 4.89. The Kier molecular flexibility index (Phi) is 3.50. The molecule has 0 aromatic carbocycles. The van der Waals surface area contributed by atoms with Gasteiger partial charge in [0.2, 0.25) is 0 Å². The van der Waals surface area contributed by atoms with Crippen LogP contribution in [0, 0.1) is 0 Å². The fourth-order valence-electron chi connectivity index (χ4n) is 1.70. The standard InChI is InChI=1S/C9H20N2O/c1-2-5-11-6-3-9(10,8-12)4-7-11/h12H,2-8,10H2,1H3. The van der Waals surface area contributed by atoms with Crippen molar-refractivity contribution in [2.45, 2.75) is 31.7 Å². The van der Waals surface area contributed by atoms with Crippen LogP contribution in [0.4, 0.5) is 0 Å². The summed E-state index contributed by atoms with van der Waals surface area (Å²) in [4.78, 5) is 2.42. The minimum atomic E-state index is -0.287. The number of hydrogen-bond donors (Lipinski definition) is 2. The third-order valence-corrected chi connectivity index (χ3v) is 2.71. The van der Waals surface area contributed by atoms with Gasteiger partial charge in [-0.1, -0.05) is 6.92 Å². The summed E-state index contributed by atoms with van der Waals surface area (Å²) in [5, 5.41) is 9.02. The van der Waals surface area contributed by atoms with Crippen molar-refractivity contribution in [3.05, 3.63) is 0 Å². The Bertz CT molecular complexity index is 130. The molecule has 0 radical (unpaired) electrons. The van der Waals surface area contributed by atoms with Crippen LogP contribution in [0.25, 0.3) is 0 Å². The van der Waals surface area contributed by atoms with Gasteiger partial charge in [0.1, 0.15) is 0 Å². The van der Waals surface area contributed by atoms with Crippen LogP contribution in [-0.2, 0) is 0 Å². The van der Waals surface area contributed by atoms with Crippen LogP contribution in [-0.4, -0.2) is 41.8 Å². The maximum atomic E-state index is 9.02. The maximum absolute atomic E-state index is 9.02. The van der Waals surface area contributed by atoms with E-state index < -0.39 is 0 Å². The number of hydrogen-bond acceptors (Lipinski definition) is 3. The van der Waals surface area contributed by atoms with Crippen LogP contribution >= 0.6 is 0 Å². The molecule has 0 spiro atoms. The van der Waals surface area contributed by atoms with E-state index in [-0.39, 0.29) is 12.1 Å². The van der Waals surface area contributed by atoms with Crippen molar-refractivity contribution in [1.29, 1.82) is 0 Å².